The summed E-state index contributed by atoms with van der Waals surface area (Å²) in [6, 6.07) is 9.10. The molecule has 24 heavy (non-hydrogen) atoms. The topological polar surface area (TPSA) is 40.6 Å². The highest BCUT2D eigenvalue weighted by molar-refractivity contribution is 5.98. The van der Waals surface area contributed by atoms with Gasteiger partial charge >= 0.3 is 0 Å². The number of carbonyl (C=O) groups is 2. The van der Waals surface area contributed by atoms with E-state index in [0.717, 1.165) is 12.1 Å². The summed E-state index contributed by atoms with van der Waals surface area (Å²) in [6.07, 6.45) is 0.747. The van der Waals surface area contributed by atoms with Crippen LogP contribution in [0, 0.1) is 0 Å². The number of rotatable bonds is 6. The molecule has 1 rings (SSSR count). The van der Waals surface area contributed by atoms with E-state index in [1.54, 1.807) is 16.7 Å². The fourth-order valence-corrected chi connectivity index (χ4v) is 2.26. The summed E-state index contributed by atoms with van der Waals surface area (Å²) in [5.41, 5.74) is 0.856. The molecule has 138 valence electrons. The molecule has 4 nitrogen and oxygen atoms in total. The van der Waals surface area contributed by atoms with Crippen LogP contribution in [0.4, 0.5) is 5.69 Å². The van der Waals surface area contributed by atoms with Gasteiger partial charge in [-0.3, -0.25) is 9.59 Å². The van der Waals surface area contributed by atoms with E-state index in [9.17, 15) is 9.59 Å². The molecule has 1 aromatic carbocycles. The van der Waals surface area contributed by atoms with Crippen LogP contribution >= 0.6 is 0 Å². The zero-order valence-electron chi connectivity index (χ0n) is 16.9. The van der Waals surface area contributed by atoms with Crippen molar-refractivity contribution in [3.8, 4) is 0 Å². The van der Waals surface area contributed by atoms with Gasteiger partial charge in [0.05, 0.1) is 0 Å². The Bertz CT molecular complexity index is 444. The van der Waals surface area contributed by atoms with E-state index in [0.29, 0.717) is 0 Å². The van der Waals surface area contributed by atoms with Crippen LogP contribution in [0.3, 0.4) is 0 Å². The van der Waals surface area contributed by atoms with Gasteiger partial charge in [0.1, 0.15) is 6.04 Å². The Morgan fingerprint density at radius 1 is 0.875 bits per heavy atom. The predicted molar refractivity (Wildman–Crippen MR) is 104 cm³/mol. The number of para-hydroxylation sites is 1. The van der Waals surface area contributed by atoms with Crippen molar-refractivity contribution >= 4 is 18.0 Å². The average Bonchev–Trinajstić information content (AvgIpc) is 2.59. The predicted octanol–water partition coefficient (Wildman–Crippen LogP) is 4.74. The van der Waals surface area contributed by atoms with Gasteiger partial charge in [0.25, 0.3) is 0 Å². The van der Waals surface area contributed by atoms with Crippen molar-refractivity contribution in [2.75, 3.05) is 4.90 Å². The van der Waals surface area contributed by atoms with Crippen molar-refractivity contribution in [2.45, 2.75) is 80.4 Å². The molecule has 1 aromatic rings. The lowest BCUT2D eigenvalue weighted by Crippen LogP contribution is -2.51. The minimum absolute atomic E-state index is 0.00349. The van der Waals surface area contributed by atoms with Crippen molar-refractivity contribution in [3.63, 3.8) is 0 Å². The second kappa shape index (κ2) is 13.6. The van der Waals surface area contributed by atoms with Gasteiger partial charge in [0.2, 0.25) is 12.3 Å². The molecular weight excluding hydrogens is 300 g/mol. The molecule has 0 N–H and O–H groups in total. The maximum atomic E-state index is 12.7. The van der Waals surface area contributed by atoms with Crippen LogP contribution in [0.5, 0.6) is 0 Å². The summed E-state index contributed by atoms with van der Waals surface area (Å²) < 4.78 is 0. The summed E-state index contributed by atoms with van der Waals surface area (Å²) in [4.78, 5) is 27.2. The summed E-state index contributed by atoms with van der Waals surface area (Å²) in [7, 11) is 0. The molecule has 0 aromatic heterocycles. The summed E-state index contributed by atoms with van der Waals surface area (Å²) in [5, 5.41) is 0. The zero-order chi connectivity index (χ0) is 19.3. The second-order valence-corrected chi connectivity index (χ2v) is 5.46. The maximum Gasteiger partial charge on any atom is 0.249 e. The number of nitrogens with zero attached hydrogens (tertiary/aromatic N) is 2. The lowest BCUT2D eigenvalue weighted by molar-refractivity contribution is -0.132. The number of benzene rings is 1. The van der Waals surface area contributed by atoms with E-state index in [-0.39, 0.29) is 18.0 Å². The van der Waals surface area contributed by atoms with Gasteiger partial charge < -0.3 is 9.80 Å². The number of carbonyl (C=O) groups excluding carboxylic acids is 2. The first kappa shape index (κ1) is 24.4. The van der Waals surface area contributed by atoms with E-state index in [1.807, 2.05) is 85.7 Å². The molecular formula is C20H36N2O2. The Labute approximate surface area is 148 Å². The quantitative estimate of drug-likeness (QED) is 0.704. The Hall–Kier alpha value is -1.84. The molecule has 0 aliphatic carbocycles. The van der Waals surface area contributed by atoms with Gasteiger partial charge in [-0.2, -0.15) is 0 Å². The standard InChI is InChI=1S/C16H24N2O2.2C2H6/c1-12(2)17(11-19)14(5)16(20)18(13(3)4)15-9-7-6-8-10-15;2*1-2/h6-14H,1-5H3;2*1-2H3. The van der Waals surface area contributed by atoms with E-state index >= 15 is 0 Å². The monoisotopic (exact) mass is 336 g/mol. The van der Waals surface area contributed by atoms with Crippen LogP contribution in [-0.4, -0.2) is 35.3 Å². The van der Waals surface area contributed by atoms with Gasteiger partial charge in [-0.1, -0.05) is 45.9 Å². The second-order valence-electron chi connectivity index (χ2n) is 5.46. The summed E-state index contributed by atoms with van der Waals surface area (Å²) in [5.74, 6) is -0.0630. The Balaban J connectivity index is 0. The van der Waals surface area contributed by atoms with Crippen LogP contribution < -0.4 is 4.90 Å². The van der Waals surface area contributed by atoms with E-state index in [2.05, 4.69) is 0 Å². The van der Waals surface area contributed by atoms with Gasteiger partial charge in [0.15, 0.2) is 0 Å². The molecule has 0 fully saturated rings. The zero-order valence-corrected chi connectivity index (χ0v) is 16.9. The summed E-state index contributed by atoms with van der Waals surface area (Å²) in [6.45, 7) is 17.5. The molecule has 0 aliphatic rings. The normalized spacial score (nSPS) is 10.8. The van der Waals surface area contributed by atoms with Crippen molar-refractivity contribution in [1.82, 2.24) is 4.90 Å². The van der Waals surface area contributed by atoms with Crippen LogP contribution in [0.15, 0.2) is 30.3 Å². The molecule has 2 amide bonds. The van der Waals surface area contributed by atoms with Crippen LogP contribution in [0.1, 0.15) is 62.3 Å². The highest BCUT2D eigenvalue weighted by Gasteiger charge is 2.29. The molecule has 0 heterocycles. The first-order valence-electron chi connectivity index (χ1n) is 9.01. The molecule has 0 saturated heterocycles. The molecule has 0 saturated carbocycles. The minimum atomic E-state index is -0.477. The molecule has 0 aliphatic heterocycles. The van der Waals surface area contributed by atoms with Gasteiger partial charge in [-0.15, -0.1) is 0 Å². The highest BCUT2D eigenvalue weighted by Crippen LogP contribution is 2.19. The van der Waals surface area contributed by atoms with Gasteiger partial charge in [0, 0.05) is 17.8 Å². The van der Waals surface area contributed by atoms with Crippen molar-refractivity contribution in [1.29, 1.82) is 0 Å². The number of amides is 2. The van der Waals surface area contributed by atoms with Crippen LogP contribution in [0.2, 0.25) is 0 Å². The molecule has 0 spiro atoms. The maximum absolute atomic E-state index is 12.7. The first-order valence-corrected chi connectivity index (χ1v) is 9.01. The summed E-state index contributed by atoms with van der Waals surface area (Å²) >= 11 is 0. The van der Waals surface area contributed by atoms with Gasteiger partial charge in [-0.25, -0.2) is 0 Å². The third-order valence-corrected chi connectivity index (χ3v) is 3.31. The fraction of sp³-hybridized carbons (Fsp3) is 0.600. The lowest BCUT2D eigenvalue weighted by Gasteiger charge is -2.34. The third kappa shape index (κ3) is 7.16. The SMILES string of the molecule is CC.CC.CC(C)N(C(=O)C(C)N(C=O)C(C)C)c1ccccc1. The van der Waals surface area contributed by atoms with E-state index < -0.39 is 6.04 Å². The first-order chi connectivity index (χ1) is 11.4. The molecule has 0 bridgehead atoms. The Morgan fingerprint density at radius 2 is 1.33 bits per heavy atom. The fourth-order valence-electron chi connectivity index (χ4n) is 2.26. The van der Waals surface area contributed by atoms with E-state index in [4.69, 9.17) is 0 Å². The Morgan fingerprint density at radius 3 is 1.67 bits per heavy atom. The number of hydrogen-bond donors (Lipinski definition) is 0. The third-order valence-electron chi connectivity index (χ3n) is 3.31. The highest BCUT2D eigenvalue weighted by atomic mass is 16.2. The van der Waals surface area contributed by atoms with Gasteiger partial charge in [-0.05, 0) is 46.8 Å². The number of hydrogen-bond acceptors (Lipinski definition) is 2. The van der Waals surface area contributed by atoms with Crippen LogP contribution in [0.25, 0.3) is 0 Å². The molecule has 1 unspecified atom stereocenters. The van der Waals surface area contributed by atoms with E-state index in [1.165, 1.54) is 0 Å². The molecule has 1 atom stereocenters. The molecule has 0 radical (unpaired) electrons. The van der Waals surface area contributed by atoms with Crippen LogP contribution in [-0.2, 0) is 9.59 Å². The average molecular weight is 337 g/mol. The lowest BCUT2D eigenvalue weighted by atomic mass is 10.1. The largest absolute Gasteiger partial charge is 0.331 e. The number of anilines is 1. The Kier molecular flexibility index (Phi) is 13.8. The molecule has 4 heteroatoms. The van der Waals surface area contributed by atoms with Crippen molar-refractivity contribution in [3.05, 3.63) is 30.3 Å². The van der Waals surface area contributed by atoms with Crippen molar-refractivity contribution in [2.24, 2.45) is 0 Å². The smallest absolute Gasteiger partial charge is 0.249 e. The minimum Gasteiger partial charge on any atom is -0.331 e. The van der Waals surface area contributed by atoms with Crippen molar-refractivity contribution < 1.29 is 9.59 Å².